The molecule has 0 bridgehead atoms. The van der Waals surface area contributed by atoms with E-state index in [0.717, 1.165) is 0 Å². The van der Waals surface area contributed by atoms with Crippen molar-refractivity contribution in [1.82, 2.24) is 10.6 Å². The Balaban J connectivity index is 2.40. The van der Waals surface area contributed by atoms with Crippen molar-refractivity contribution in [3.05, 3.63) is 34.9 Å². The van der Waals surface area contributed by atoms with Crippen LogP contribution in [-0.2, 0) is 0 Å². The first kappa shape index (κ1) is 15.6. The van der Waals surface area contributed by atoms with Crippen LogP contribution in [0.4, 0.5) is 18.0 Å². The summed E-state index contributed by atoms with van der Waals surface area (Å²) in [5.74, 6) is 0. The molecule has 19 heavy (non-hydrogen) atoms. The molecule has 0 aliphatic rings. The van der Waals surface area contributed by atoms with Crippen LogP contribution in [0, 0.1) is 0 Å². The van der Waals surface area contributed by atoms with Crippen LogP contribution in [0.2, 0.25) is 5.02 Å². The number of nitrogens with one attached hydrogen (secondary N) is 2. The number of alkyl halides is 3. The van der Waals surface area contributed by atoms with Gasteiger partial charge in [-0.1, -0.05) is 29.8 Å². The van der Waals surface area contributed by atoms with Crippen molar-refractivity contribution >= 4 is 17.6 Å². The number of hydrogen-bond donors (Lipinski definition) is 3. The molecule has 0 heterocycles. The highest BCUT2D eigenvalue weighted by Gasteiger charge is 2.27. The van der Waals surface area contributed by atoms with E-state index in [2.05, 4.69) is 5.32 Å². The lowest BCUT2D eigenvalue weighted by molar-refractivity contribution is -0.122. The second-order valence-corrected chi connectivity index (χ2v) is 4.12. The second kappa shape index (κ2) is 6.63. The van der Waals surface area contributed by atoms with E-state index in [0.29, 0.717) is 10.6 Å². The Labute approximate surface area is 112 Å². The first-order chi connectivity index (χ1) is 8.79. The zero-order valence-corrected chi connectivity index (χ0v) is 10.4. The average Bonchev–Trinajstić information content (AvgIpc) is 2.33. The van der Waals surface area contributed by atoms with E-state index >= 15 is 0 Å². The molecule has 1 aromatic rings. The summed E-state index contributed by atoms with van der Waals surface area (Å²) in [6, 6.07) is 5.42. The fraction of sp³-hybridized carbons (Fsp3) is 0.364. The first-order valence-corrected chi connectivity index (χ1v) is 5.68. The minimum absolute atomic E-state index is 0.243. The van der Waals surface area contributed by atoms with Crippen molar-refractivity contribution < 1.29 is 23.1 Å². The van der Waals surface area contributed by atoms with Gasteiger partial charge in [0.05, 0.1) is 6.10 Å². The minimum atomic E-state index is -4.47. The third-order valence-corrected chi connectivity index (χ3v) is 2.51. The summed E-state index contributed by atoms with van der Waals surface area (Å²) >= 11 is 5.82. The van der Waals surface area contributed by atoms with Gasteiger partial charge < -0.3 is 15.7 Å². The Kier molecular flexibility index (Phi) is 5.44. The van der Waals surface area contributed by atoms with E-state index < -0.39 is 24.9 Å². The van der Waals surface area contributed by atoms with Gasteiger partial charge in [0.1, 0.15) is 6.54 Å². The van der Waals surface area contributed by atoms with Gasteiger partial charge in [0.15, 0.2) is 0 Å². The topological polar surface area (TPSA) is 61.4 Å². The Hall–Kier alpha value is -1.47. The number of aliphatic hydroxyl groups excluding tert-OH is 1. The average molecular weight is 297 g/mol. The number of carbonyl (C=O) groups excluding carboxylic acids is 1. The molecular formula is C11H12ClF3N2O2. The molecule has 0 radical (unpaired) electrons. The fourth-order valence-corrected chi connectivity index (χ4v) is 1.55. The zero-order valence-electron chi connectivity index (χ0n) is 9.67. The van der Waals surface area contributed by atoms with Gasteiger partial charge in [-0.3, -0.25) is 0 Å². The number of carbonyl (C=O) groups is 1. The maximum absolute atomic E-state index is 11.8. The lowest BCUT2D eigenvalue weighted by Crippen LogP contribution is -2.42. The molecule has 0 saturated carbocycles. The monoisotopic (exact) mass is 296 g/mol. The van der Waals surface area contributed by atoms with Crippen LogP contribution in [0.15, 0.2) is 24.3 Å². The largest absolute Gasteiger partial charge is 0.405 e. The lowest BCUT2D eigenvalue weighted by atomic mass is 10.1. The van der Waals surface area contributed by atoms with Crippen molar-refractivity contribution in [1.29, 1.82) is 0 Å². The normalized spacial score (nSPS) is 12.9. The van der Waals surface area contributed by atoms with E-state index in [4.69, 9.17) is 11.6 Å². The standard InChI is InChI=1S/C11H12ClF3N2O2/c12-8-4-2-1-3-7(8)9(18)5-16-10(19)17-6-11(13,14)15/h1-4,9,18H,5-6H2,(H2,16,17,19). The molecule has 0 spiro atoms. The van der Waals surface area contributed by atoms with E-state index in [9.17, 15) is 23.1 Å². The highest BCUT2D eigenvalue weighted by molar-refractivity contribution is 6.31. The molecule has 0 fully saturated rings. The fourth-order valence-electron chi connectivity index (χ4n) is 1.29. The molecular weight excluding hydrogens is 285 g/mol. The molecule has 0 aliphatic heterocycles. The highest BCUT2D eigenvalue weighted by atomic mass is 35.5. The molecule has 4 nitrogen and oxygen atoms in total. The predicted molar refractivity (Wildman–Crippen MR) is 63.9 cm³/mol. The molecule has 0 aromatic heterocycles. The summed E-state index contributed by atoms with van der Waals surface area (Å²) in [5.41, 5.74) is 0.389. The van der Waals surface area contributed by atoms with Crippen LogP contribution >= 0.6 is 11.6 Å². The number of urea groups is 1. The van der Waals surface area contributed by atoms with Crippen LogP contribution in [-0.4, -0.2) is 30.4 Å². The highest BCUT2D eigenvalue weighted by Crippen LogP contribution is 2.21. The van der Waals surface area contributed by atoms with E-state index in [-0.39, 0.29) is 6.54 Å². The number of aliphatic hydroxyl groups is 1. The molecule has 2 amide bonds. The minimum Gasteiger partial charge on any atom is -0.387 e. The quantitative estimate of drug-likeness (QED) is 0.798. The molecule has 106 valence electrons. The number of amides is 2. The van der Waals surface area contributed by atoms with Crippen molar-refractivity contribution in [2.75, 3.05) is 13.1 Å². The van der Waals surface area contributed by atoms with Crippen LogP contribution in [0.25, 0.3) is 0 Å². The first-order valence-electron chi connectivity index (χ1n) is 5.30. The lowest BCUT2D eigenvalue weighted by Gasteiger charge is -2.14. The van der Waals surface area contributed by atoms with Crippen molar-refractivity contribution in [3.8, 4) is 0 Å². The molecule has 8 heteroatoms. The Bertz CT molecular complexity index is 440. The second-order valence-electron chi connectivity index (χ2n) is 3.72. The van der Waals surface area contributed by atoms with Crippen molar-refractivity contribution in [2.24, 2.45) is 0 Å². The van der Waals surface area contributed by atoms with Crippen LogP contribution in [0.1, 0.15) is 11.7 Å². The summed E-state index contributed by atoms with van der Waals surface area (Å²) in [6.07, 6.45) is -5.57. The van der Waals surface area contributed by atoms with Gasteiger partial charge in [-0.05, 0) is 6.07 Å². The Morgan fingerprint density at radius 1 is 1.32 bits per heavy atom. The van der Waals surface area contributed by atoms with Gasteiger partial charge in [-0.25, -0.2) is 4.79 Å². The smallest absolute Gasteiger partial charge is 0.387 e. The molecule has 1 rings (SSSR count). The van der Waals surface area contributed by atoms with E-state index in [1.54, 1.807) is 29.6 Å². The molecule has 1 atom stereocenters. The van der Waals surface area contributed by atoms with Gasteiger partial charge in [0.25, 0.3) is 0 Å². The maximum atomic E-state index is 11.8. The molecule has 0 aliphatic carbocycles. The number of hydrogen-bond acceptors (Lipinski definition) is 2. The zero-order chi connectivity index (χ0) is 14.5. The SMILES string of the molecule is O=C(NCC(O)c1ccccc1Cl)NCC(F)(F)F. The van der Waals surface area contributed by atoms with Gasteiger partial charge >= 0.3 is 12.2 Å². The van der Waals surface area contributed by atoms with Gasteiger partial charge in [-0.2, -0.15) is 13.2 Å². The van der Waals surface area contributed by atoms with Gasteiger partial charge in [0.2, 0.25) is 0 Å². The van der Waals surface area contributed by atoms with E-state index in [1.807, 2.05) is 0 Å². The Morgan fingerprint density at radius 3 is 2.53 bits per heavy atom. The van der Waals surface area contributed by atoms with Gasteiger partial charge in [0, 0.05) is 17.1 Å². The third-order valence-electron chi connectivity index (χ3n) is 2.17. The summed E-state index contributed by atoms with van der Waals surface area (Å²) in [5, 5.41) is 13.8. The maximum Gasteiger partial charge on any atom is 0.405 e. The molecule has 0 saturated heterocycles. The van der Waals surface area contributed by atoms with E-state index in [1.165, 1.54) is 0 Å². The van der Waals surface area contributed by atoms with Crippen molar-refractivity contribution in [3.63, 3.8) is 0 Å². The third kappa shape index (κ3) is 5.80. The van der Waals surface area contributed by atoms with Crippen molar-refractivity contribution in [2.45, 2.75) is 12.3 Å². The van der Waals surface area contributed by atoms with Crippen LogP contribution in [0.5, 0.6) is 0 Å². The summed E-state index contributed by atoms with van der Waals surface area (Å²) in [6.45, 7) is -1.67. The molecule has 1 aromatic carbocycles. The number of halogens is 4. The summed E-state index contributed by atoms with van der Waals surface area (Å²) < 4.78 is 35.5. The number of rotatable bonds is 4. The number of benzene rings is 1. The molecule has 1 unspecified atom stereocenters. The molecule has 3 N–H and O–H groups in total. The summed E-state index contributed by atoms with van der Waals surface area (Å²) in [7, 11) is 0. The van der Waals surface area contributed by atoms with Crippen LogP contribution in [0.3, 0.4) is 0 Å². The predicted octanol–water partition coefficient (Wildman–Crippen LogP) is 2.23. The van der Waals surface area contributed by atoms with Gasteiger partial charge in [-0.15, -0.1) is 0 Å². The van der Waals surface area contributed by atoms with Crippen LogP contribution < -0.4 is 10.6 Å². The Morgan fingerprint density at radius 2 is 1.95 bits per heavy atom. The summed E-state index contributed by atoms with van der Waals surface area (Å²) in [4.78, 5) is 11.0.